The van der Waals surface area contributed by atoms with Crippen LogP contribution in [0.3, 0.4) is 0 Å². The maximum absolute atomic E-state index is 13.6. The molecule has 9 heteroatoms. The van der Waals surface area contributed by atoms with Crippen LogP contribution in [0.25, 0.3) is 10.9 Å². The summed E-state index contributed by atoms with van der Waals surface area (Å²) in [6, 6.07) is 13.6. The van der Waals surface area contributed by atoms with Crippen molar-refractivity contribution in [2.45, 2.75) is 43.4 Å². The van der Waals surface area contributed by atoms with Crippen molar-refractivity contribution in [1.82, 2.24) is 19.8 Å². The number of aromatic nitrogens is 2. The number of hydrogen-bond donors (Lipinski definition) is 1. The molecule has 2 bridgehead atoms. The van der Waals surface area contributed by atoms with Gasteiger partial charge in [0.25, 0.3) is 5.56 Å². The van der Waals surface area contributed by atoms with Crippen molar-refractivity contribution in [2.75, 3.05) is 11.9 Å². The minimum absolute atomic E-state index is 0.0391. The topological polar surface area (TPSA) is 96.8 Å². The van der Waals surface area contributed by atoms with Crippen molar-refractivity contribution in [2.24, 2.45) is 0 Å². The second kappa shape index (κ2) is 6.06. The summed E-state index contributed by atoms with van der Waals surface area (Å²) in [6.45, 7) is 1.83. The maximum Gasteiger partial charge on any atom is 0.262 e. The highest BCUT2D eigenvalue weighted by Gasteiger charge is 2.64. The quantitative estimate of drug-likeness (QED) is 0.564. The lowest BCUT2D eigenvalue weighted by Crippen LogP contribution is -2.51. The van der Waals surface area contributed by atoms with Crippen molar-refractivity contribution in [3.8, 4) is 0 Å². The zero-order chi connectivity index (χ0) is 22.6. The Balaban J connectivity index is 1.51. The predicted molar refractivity (Wildman–Crippen MR) is 118 cm³/mol. The van der Waals surface area contributed by atoms with Crippen LogP contribution in [-0.2, 0) is 19.9 Å². The Morgan fingerprint density at radius 3 is 2.67 bits per heavy atom. The summed E-state index contributed by atoms with van der Waals surface area (Å²) in [4.78, 5) is 48.2. The van der Waals surface area contributed by atoms with E-state index in [0.717, 1.165) is 11.3 Å². The molecule has 2 aromatic carbocycles. The van der Waals surface area contributed by atoms with Crippen LogP contribution in [0.5, 0.6) is 0 Å². The van der Waals surface area contributed by atoms with E-state index in [1.807, 2.05) is 37.3 Å². The Morgan fingerprint density at radius 2 is 1.82 bits per heavy atom. The van der Waals surface area contributed by atoms with Gasteiger partial charge in [0.15, 0.2) is 12.1 Å². The molecule has 5 aliphatic heterocycles. The molecule has 2 saturated heterocycles. The monoisotopic (exact) mass is 443 g/mol. The van der Waals surface area contributed by atoms with E-state index in [9.17, 15) is 14.4 Å². The van der Waals surface area contributed by atoms with Gasteiger partial charge < -0.3 is 9.64 Å². The van der Waals surface area contributed by atoms with Gasteiger partial charge in [-0.15, -0.1) is 0 Å². The third-order valence-electron chi connectivity index (χ3n) is 7.51. The molecule has 6 heterocycles. The van der Waals surface area contributed by atoms with Crippen LogP contribution in [0.1, 0.15) is 37.0 Å². The number of hydrogen-bond acceptors (Lipinski definition) is 6. The van der Waals surface area contributed by atoms with Crippen molar-refractivity contribution in [1.29, 1.82) is 0 Å². The van der Waals surface area contributed by atoms with Gasteiger partial charge in [-0.05, 0) is 25.1 Å². The summed E-state index contributed by atoms with van der Waals surface area (Å²) in [5.74, 6) is 0.176. The van der Waals surface area contributed by atoms with Crippen molar-refractivity contribution in [3.05, 3.63) is 70.3 Å². The van der Waals surface area contributed by atoms with E-state index in [-0.39, 0.29) is 29.8 Å². The Labute approximate surface area is 188 Å². The molecule has 0 unspecified atom stereocenters. The van der Waals surface area contributed by atoms with Gasteiger partial charge in [-0.2, -0.15) is 0 Å². The number of nitrogens with one attached hydrogen (secondary N) is 1. The average molecular weight is 443 g/mol. The summed E-state index contributed by atoms with van der Waals surface area (Å²) in [6.07, 6.45) is -1.14. The van der Waals surface area contributed by atoms with E-state index in [2.05, 4.69) is 5.32 Å². The number of benzene rings is 2. The van der Waals surface area contributed by atoms with Crippen LogP contribution in [-0.4, -0.2) is 45.5 Å². The third-order valence-corrected chi connectivity index (χ3v) is 7.51. The fraction of sp³-hybridized carbons (Fsp3) is 0.333. The van der Waals surface area contributed by atoms with E-state index in [0.29, 0.717) is 16.7 Å². The molecule has 2 amide bonds. The van der Waals surface area contributed by atoms with Crippen molar-refractivity contribution >= 4 is 28.4 Å². The Bertz CT molecular complexity index is 1450. The normalized spacial score (nSPS) is 31.8. The summed E-state index contributed by atoms with van der Waals surface area (Å²) in [5.41, 5.74) is 0.913. The predicted octanol–water partition coefficient (Wildman–Crippen LogP) is 1.39. The Morgan fingerprint density at radius 1 is 1.06 bits per heavy atom. The van der Waals surface area contributed by atoms with Gasteiger partial charge in [0.2, 0.25) is 11.8 Å². The maximum atomic E-state index is 13.6. The molecule has 3 aromatic rings. The molecule has 8 rings (SSSR count). The lowest BCUT2D eigenvalue weighted by molar-refractivity contribution is -0.169. The number of amides is 2. The van der Waals surface area contributed by atoms with Gasteiger partial charge in [0.1, 0.15) is 17.8 Å². The standard InChI is InChI=1S/C24H21N5O4/c1-12-19(30)29-16-10-6-4-8-14(16)24(23(29)25-12)11-17-21(32)27(2)22(33-24)18-26-15-9-5-3-7-13(15)20(31)28(17)18/h3-10,12,17,22-23,25H,11H2,1-2H3/t12-,17-,22-,23-,24-/m0/s1. The minimum Gasteiger partial charge on any atom is -0.336 e. The molecule has 9 nitrogen and oxygen atoms in total. The number of rotatable bonds is 0. The van der Waals surface area contributed by atoms with Crippen LogP contribution < -0.4 is 15.8 Å². The first-order chi connectivity index (χ1) is 15.9. The minimum atomic E-state index is -1.01. The van der Waals surface area contributed by atoms with E-state index >= 15 is 0 Å². The summed E-state index contributed by atoms with van der Waals surface area (Å²) in [5, 5.41) is 3.85. The fourth-order valence-electron chi connectivity index (χ4n) is 5.98. The first-order valence-corrected chi connectivity index (χ1v) is 11.1. The van der Waals surface area contributed by atoms with Gasteiger partial charge in [0.05, 0.1) is 22.6 Å². The van der Waals surface area contributed by atoms with Gasteiger partial charge in [-0.1, -0.05) is 30.3 Å². The fourth-order valence-corrected chi connectivity index (χ4v) is 5.98. The molecule has 0 saturated carbocycles. The number of carbonyl (C=O) groups excluding carboxylic acids is 2. The zero-order valence-electron chi connectivity index (χ0n) is 18.1. The lowest BCUT2D eigenvalue weighted by Gasteiger charge is -2.37. The number of ether oxygens (including phenoxy) is 1. The second-order valence-electron chi connectivity index (χ2n) is 9.21. The molecular weight excluding hydrogens is 422 g/mol. The summed E-state index contributed by atoms with van der Waals surface area (Å²) in [7, 11) is 1.68. The molecule has 166 valence electrons. The molecular formula is C24H21N5O4. The Hall–Kier alpha value is -3.56. The molecule has 1 aromatic heterocycles. The Kier molecular flexibility index (Phi) is 3.48. The van der Waals surface area contributed by atoms with Crippen LogP contribution in [0.15, 0.2) is 53.3 Å². The third kappa shape index (κ3) is 2.14. The highest BCUT2D eigenvalue weighted by molar-refractivity contribution is 6.02. The number of para-hydroxylation sites is 2. The number of fused-ring (bicyclic) bond motifs is 5. The van der Waals surface area contributed by atoms with Gasteiger partial charge >= 0.3 is 0 Å². The lowest BCUT2D eigenvalue weighted by atomic mass is 9.86. The van der Waals surface area contributed by atoms with Gasteiger partial charge in [0, 0.05) is 19.0 Å². The second-order valence-corrected chi connectivity index (χ2v) is 9.21. The average Bonchev–Trinajstić information content (AvgIpc) is 3.14. The van der Waals surface area contributed by atoms with Gasteiger partial charge in [-0.3, -0.25) is 29.2 Å². The molecule has 0 radical (unpaired) electrons. The van der Waals surface area contributed by atoms with E-state index < -0.39 is 24.0 Å². The molecule has 33 heavy (non-hydrogen) atoms. The van der Waals surface area contributed by atoms with E-state index in [4.69, 9.17) is 9.72 Å². The highest BCUT2D eigenvalue weighted by Crippen LogP contribution is 2.56. The highest BCUT2D eigenvalue weighted by atomic mass is 16.5. The van der Waals surface area contributed by atoms with Crippen LogP contribution in [0.2, 0.25) is 0 Å². The van der Waals surface area contributed by atoms with Crippen LogP contribution in [0.4, 0.5) is 5.69 Å². The number of nitrogens with zero attached hydrogens (tertiary/aromatic N) is 4. The van der Waals surface area contributed by atoms with Crippen molar-refractivity contribution < 1.29 is 14.3 Å². The molecule has 0 aliphatic carbocycles. The zero-order valence-corrected chi connectivity index (χ0v) is 18.1. The largest absolute Gasteiger partial charge is 0.336 e. The molecule has 5 aliphatic rings. The van der Waals surface area contributed by atoms with E-state index in [1.165, 1.54) is 9.47 Å². The molecule has 2 fully saturated rings. The smallest absolute Gasteiger partial charge is 0.262 e. The first kappa shape index (κ1) is 19.0. The summed E-state index contributed by atoms with van der Waals surface area (Å²) < 4.78 is 8.34. The van der Waals surface area contributed by atoms with Crippen LogP contribution in [0, 0.1) is 0 Å². The molecule has 1 N–H and O–H groups in total. The number of anilines is 1. The van der Waals surface area contributed by atoms with Gasteiger partial charge in [-0.25, -0.2) is 4.98 Å². The van der Waals surface area contributed by atoms with E-state index in [1.54, 1.807) is 30.1 Å². The number of likely N-dealkylation sites (N-methyl/N-ethyl adjacent to an activating group) is 1. The molecule has 1 spiro atoms. The number of carbonyl (C=O) groups is 2. The van der Waals surface area contributed by atoms with Crippen molar-refractivity contribution in [3.63, 3.8) is 0 Å². The molecule has 5 atom stereocenters. The first-order valence-electron chi connectivity index (χ1n) is 11.1. The van der Waals surface area contributed by atoms with Crippen LogP contribution >= 0.6 is 0 Å². The SMILES string of the molecule is C[C@@H]1N[C@H]2N(C1=O)c1ccccc1[C@@]21C[C@H]2C(=O)N(C)[C@@H](O1)c1nc3ccccc3c(=O)n12. The summed E-state index contributed by atoms with van der Waals surface area (Å²) >= 11 is 0.